The number of carbonyl (C=O) groups is 2. The molecule has 0 aromatic heterocycles. The summed E-state index contributed by atoms with van der Waals surface area (Å²) >= 11 is 0. The van der Waals surface area contributed by atoms with Gasteiger partial charge in [0.25, 0.3) is 0 Å². The van der Waals surface area contributed by atoms with E-state index >= 15 is 0 Å². The third-order valence-electron chi connectivity index (χ3n) is 3.38. The number of rotatable bonds is 3. The van der Waals surface area contributed by atoms with Crippen LogP contribution in [0.25, 0.3) is 0 Å². The largest absolute Gasteiger partial charge is 0.481 e. The minimum Gasteiger partial charge on any atom is -0.481 e. The van der Waals surface area contributed by atoms with Crippen molar-refractivity contribution < 1.29 is 23.5 Å². The Morgan fingerprint density at radius 3 is 2.58 bits per heavy atom. The fourth-order valence-corrected chi connectivity index (χ4v) is 2.40. The van der Waals surface area contributed by atoms with Gasteiger partial charge in [-0.05, 0) is 25.0 Å². The summed E-state index contributed by atoms with van der Waals surface area (Å²) in [5.74, 6) is -5.25. The quantitative estimate of drug-likeness (QED) is 0.885. The lowest BCUT2D eigenvalue weighted by Crippen LogP contribution is -2.30. The molecule has 19 heavy (non-hydrogen) atoms. The molecular weight excluding hydrogens is 256 g/mol. The molecule has 0 radical (unpaired) electrons. The highest BCUT2D eigenvalue weighted by atomic mass is 19.2. The minimum absolute atomic E-state index is 0.263. The number of carboxylic acids is 1. The smallest absolute Gasteiger partial charge is 0.307 e. The van der Waals surface area contributed by atoms with E-state index in [1.54, 1.807) is 0 Å². The first-order valence-electron chi connectivity index (χ1n) is 5.98. The predicted molar refractivity (Wildman–Crippen MR) is 63.5 cm³/mol. The Labute approximate surface area is 108 Å². The summed E-state index contributed by atoms with van der Waals surface area (Å²) in [5.41, 5.74) is -0.263. The van der Waals surface area contributed by atoms with Crippen molar-refractivity contribution in [2.75, 3.05) is 5.32 Å². The lowest BCUT2D eigenvalue weighted by molar-refractivity contribution is -0.145. The van der Waals surface area contributed by atoms with E-state index < -0.39 is 35.3 Å². The standard InChI is InChI=1S/C13H13F2NO3/c14-9-5-2-6-10(11(9)15)16-12(17)7-3-1-4-8(7)13(18)19/h2,5-8H,1,3-4H2,(H,16,17)(H,18,19). The van der Waals surface area contributed by atoms with Crippen LogP contribution in [0.3, 0.4) is 0 Å². The summed E-state index contributed by atoms with van der Waals surface area (Å²) in [4.78, 5) is 22.9. The Hall–Kier alpha value is -1.98. The van der Waals surface area contributed by atoms with Crippen LogP contribution in [-0.2, 0) is 9.59 Å². The Balaban J connectivity index is 2.13. The molecule has 0 heterocycles. The summed E-state index contributed by atoms with van der Waals surface area (Å²) < 4.78 is 26.4. The molecule has 1 saturated carbocycles. The van der Waals surface area contributed by atoms with Gasteiger partial charge in [-0.3, -0.25) is 9.59 Å². The first-order valence-corrected chi connectivity index (χ1v) is 5.98. The fraction of sp³-hybridized carbons (Fsp3) is 0.385. The van der Waals surface area contributed by atoms with E-state index in [2.05, 4.69) is 5.32 Å². The van der Waals surface area contributed by atoms with Crippen molar-refractivity contribution in [2.24, 2.45) is 11.8 Å². The van der Waals surface area contributed by atoms with Crippen molar-refractivity contribution in [2.45, 2.75) is 19.3 Å². The topological polar surface area (TPSA) is 66.4 Å². The predicted octanol–water partition coefficient (Wildman–Crippen LogP) is 2.40. The first kappa shape index (κ1) is 13.5. The van der Waals surface area contributed by atoms with Gasteiger partial charge in [0.2, 0.25) is 5.91 Å². The lowest BCUT2D eigenvalue weighted by atomic mass is 9.95. The van der Waals surface area contributed by atoms with E-state index in [1.165, 1.54) is 12.1 Å². The van der Waals surface area contributed by atoms with Crippen LogP contribution in [-0.4, -0.2) is 17.0 Å². The number of nitrogens with one attached hydrogen (secondary N) is 1. The molecule has 1 fully saturated rings. The van der Waals surface area contributed by atoms with Crippen LogP contribution < -0.4 is 5.32 Å². The summed E-state index contributed by atoms with van der Waals surface area (Å²) in [5, 5.41) is 11.2. The highest BCUT2D eigenvalue weighted by Crippen LogP contribution is 2.33. The van der Waals surface area contributed by atoms with Gasteiger partial charge in [0.05, 0.1) is 17.5 Å². The van der Waals surface area contributed by atoms with E-state index in [0.29, 0.717) is 19.3 Å². The van der Waals surface area contributed by atoms with Crippen molar-refractivity contribution >= 4 is 17.6 Å². The third-order valence-corrected chi connectivity index (χ3v) is 3.38. The molecule has 0 spiro atoms. The van der Waals surface area contributed by atoms with Gasteiger partial charge >= 0.3 is 5.97 Å². The Bertz CT molecular complexity index is 519. The molecule has 102 valence electrons. The van der Waals surface area contributed by atoms with Gasteiger partial charge < -0.3 is 10.4 Å². The van der Waals surface area contributed by atoms with Crippen molar-refractivity contribution in [3.63, 3.8) is 0 Å². The minimum atomic E-state index is -1.14. The van der Waals surface area contributed by atoms with E-state index in [1.807, 2.05) is 0 Å². The monoisotopic (exact) mass is 269 g/mol. The molecule has 1 amide bonds. The zero-order chi connectivity index (χ0) is 14.0. The number of hydrogen-bond acceptors (Lipinski definition) is 2. The summed E-state index contributed by atoms with van der Waals surface area (Å²) in [7, 11) is 0. The number of amides is 1. The van der Waals surface area contributed by atoms with Gasteiger partial charge in [-0.1, -0.05) is 12.5 Å². The lowest BCUT2D eigenvalue weighted by Gasteiger charge is -2.15. The fourth-order valence-electron chi connectivity index (χ4n) is 2.40. The highest BCUT2D eigenvalue weighted by Gasteiger charge is 2.37. The van der Waals surface area contributed by atoms with Crippen LogP contribution in [0.15, 0.2) is 18.2 Å². The van der Waals surface area contributed by atoms with Crippen molar-refractivity contribution in [1.29, 1.82) is 0 Å². The number of anilines is 1. The second-order valence-corrected chi connectivity index (χ2v) is 4.57. The summed E-state index contributed by atoms with van der Waals surface area (Å²) in [6.07, 6.45) is 1.51. The molecule has 1 aliphatic rings. The van der Waals surface area contributed by atoms with Crippen molar-refractivity contribution in [3.05, 3.63) is 29.8 Å². The van der Waals surface area contributed by atoms with Crippen LogP contribution in [0.1, 0.15) is 19.3 Å². The molecule has 6 heteroatoms. The number of hydrogen-bond donors (Lipinski definition) is 2. The molecule has 4 nitrogen and oxygen atoms in total. The van der Waals surface area contributed by atoms with Crippen molar-refractivity contribution in [1.82, 2.24) is 0 Å². The van der Waals surface area contributed by atoms with Gasteiger partial charge in [-0.2, -0.15) is 0 Å². The van der Waals surface area contributed by atoms with E-state index in [0.717, 1.165) is 6.07 Å². The average molecular weight is 269 g/mol. The molecular formula is C13H13F2NO3. The maximum atomic E-state index is 13.4. The number of carbonyl (C=O) groups excluding carboxylic acids is 1. The molecule has 2 atom stereocenters. The summed E-state index contributed by atoms with van der Waals surface area (Å²) in [6, 6.07) is 3.46. The zero-order valence-electron chi connectivity index (χ0n) is 10.0. The second-order valence-electron chi connectivity index (χ2n) is 4.57. The Morgan fingerprint density at radius 2 is 1.89 bits per heavy atom. The molecule has 2 unspecified atom stereocenters. The van der Waals surface area contributed by atoms with E-state index in [4.69, 9.17) is 5.11 Å². The molecule has 2 N–H and O–H groups in total. The average Bonchev–Trinajstić information content (AvgIpc) is 2.84. The molecule has 1 aromatic rings. The van der Waals surface area contributed by atoms with Gasteiger partial charge in [0, 0.05) is 0 Å². The number of carboxylic acid groups (broad SMARTS) is 1. The maximum Gasteiger partial charge on any atom is 0.307 e. The Kier molecular flexibility index (Phi) is 3.78. The van der Waals surface area contributed by atoms with E-state index in [-0.39, 0.29) is 5.69 Å². The Morgan fingerprint density at radius 1 is 1.21 bits per heavy atom. The highest BCUT2D eigenvalue weighted by molar-refractivity contribution is 5.95. The third kappa shape index (κ3) is 2.72. The molecule has 0 saturated heterocycles. The normalized spacial score (nSPS) is 22.2. The van der Waals surface area contributed by atoms with Crippen LogP contribution in [0, 0.1) is 23.5 Å². The van der Waals surface area contributed by atoms with Crippen LogP contribution in [0.2, 0.25) is 0 Å². The molecule has 2 rings (SSSR count). The van der Waals surface area contributed by atoms with Crippen LogP contribution in [0.4, 0.5) is 14.5 Å². The molecule has 0 bridgehead atoms. The SMILES string of the molecule is O=C(O)C1CCCC1C(=O)Nc1cccc(F)c1F. The second kappa shape index (κ2) is 5.34. The molecule has 1 aliphatic carbocycles. The zero-order valence-corrected chi connectivity index (χ0v) is 10.0. The van der Waals surface area contributed by atoms with E-state index in [9.17, 15) is 18.4 Å². The van der Waals surface area contributed by atoms with Gasteiger partial charge in [0.1, 0.15) is 0 Å². The number of halogens is 2. The van der Waals surface area contributed by atoms with Crippen LogP contribution >= 0.6 is 0 Å². The first-order chi connectivity index (χ1) is 9.00. The number of aliphatic carboxylic acids is 1. The maximum absolute atomic E-state index is 13.4. The summed E-state index contributed by atoms with van der Waals surface area (Å²) in [6.45, 7) is 0. The van der Waals surface area contributed by atoms with Gasteiger partial charge in [-0.25, -0.2) is 8.78 Å². The van der Waals surface area contributed by atoms with Crippen LogP contribution in [0.5, 0.6) is 0 Å². The van der Waals surface area contributed by atoms with Gasteiger partial charge in [0.15, 0.2) is 11.6 Å². The van der Waals surface area contributed by atoms with Crippen molar-refractivity contribution in [3.8, 4) is 0 Å². The number of benzene rings is 1. The molecule has 0 aliphatic heterocycles. The molecule has 1 aromatic carbocycles. The van der Waals surface area contributed by atoms with Gasteiger partial charge in [-0.15, -0.1) is 0 Å².